The van der Waals surface area contributed by atoms with Crippen LogP contribution in [-0.2, 0) is 9.59 Å². The average Bonchev–Trinajstić information content (AvgIpc) is 3.33. The number of amides is 2. The van der Waals surface area contributed by atoms with E-state index in [1.165, 1.54) is 0 Å². The van der Waals surface area contributed by atoms with Crippen LogP contribution in [0.3, 0.4) is 0 Å². The summed E-state index contributed by atoms with van der Waals surface area (Å²) in [6.45, 7) is 5.14. The summed E-state index contributed by atoms with van der Waals surface area (Å²) < 4.78 is 1.00. The molecule has 1 N–H and O–H groups in total. The van der Waals surface area contributed by atoms with Crippen molar-refractivity contribution in [3.8, 4) is 0 Å². The molecule has 0 spiro atoms. The maximum atomic E-state index is 12.8. The van der Waals surface area contributed by atoms with Gasteiger partial charge >= 0.3 is 0 Å². The van der Waals surface area contributed by atoms with Crippen molar-refractivity contribution in [2.75, 3.05) is 38.5 Å². The van der Waals surface area contributed by atoms with Gasteiger partial charge in [-0.3, -0.25) is 9.59 Å². The Kier molecular flexibility index (Phi) is 4.47. The third kappa shape index (κ3) is 3.28. The van der Waals surface area contributed by atoms with Crippen LogP contribution in [-0.4, -0.2) is 54.8 Å². The molecule has 1 aliphatic carbocycles. The van der Waals surface area contributed by atoms with Crippen LogP contribution in [0.25, 0.3) is 0 Å². The smallest absolute Gasteiger partial charge is 0.240 e. The van der Waals surface area contributed by atoms with E-state index < -0.39 is 5.41 Å². The van der Waals surface area contributed by atoms with Crippen LogP contribution in [0, 0.1) is 12.3 Å². The summed E-state index contributed by atoms with van der Waals surface area (Å²) in [7, 11) is 2.05. The number of hydrogen-bond donors (Lipinski definition) is 1. The zero-order valence-corrected chi connectivity index (χ0v) is 15.1. The first-order chi connectivity index (χ1) is 10.9. The van der Waals surface area contributed by atoms with Crippen molar-refractivity contribution in [3.05, 3.63) is 28.2 Å². The minimum atomic E-state index is -0.836. The Hall–Kier alpha value is -1.40. The molecule has 6 heteroatoms. The zero-order chi connectivity index (χ0) is 16.6. The lowest BCUT2D eigenvalue weighted by Gasteiger charge is -2.34. The Morgan fingerprint density at radius 3 is 2.39 bits per heavy atom. The molecule has 1 saturated heterocycles. The minimum Gasteiger partial charge on any atom is -0.339 e. The number of nitrogens with zero attached hydrogens (tertiary/aromatic N) is 2. The Balaban J connectivity index is 1.68. The maximum Gasteiger partial charge on any atom is 0.240 e. The minimum absolute atomic E-state index is 0.00284. The lowest BCUT2D eigenvalue weighted by molar-refractivity contribution is -0.143. The molecule has 0 aromatic heterocycles. The van der Waals surface area contributed by atoms with Crippen LogP contribution in [0.5, 0.6) is 0 Å². The number of rotatable bonds is 3. The molecular weight excluding hydrogens is 358 g/mol. The number of benzene rings is 1. The van der Waals surface area contributed by atoms with E-state index in [9.17, 15) is 9.59 Å². The molecule has 2 fully saturated rings. The second kappa shape index (κ2) is 6.24. The molecule has 1 heterocycles. The Morgan fingerprint density at radius 2 is 1.83 bits per heavy atom. The number of aryl methyl sites for hydroxylation is 1. The summed E-state index contributed by atoms with van der Waals surface area (Å²) in [5.74, 6) is -0.167. The van der Waals surface area contributed by atoms with Crippen molar-refractivity contribution in [3.63, 3.8) is 0 Å². The lowest BCUT2D eigenvalue weighted by atomic mass is 10.0. The highest BCUT2D eigenvalue weighted by Crippen LogP contribution is 2.48. The van der Waals surface area contributed by atoms with Crippen molar-refractivity contribution in [1.29, 1.82) is 0 Å². The second-order valence-corrected chi connectivity index (χ2v) is 7.45. The molecule has 0 bridgehead atoms. The summed E-state index contributed by atoms with van der Waals surface area (Å²) in [5, 5.41) is 2.92. The van der Waals surface area contributed by atoms with Gasteiger partial charge in [0.2, 0.25) is 11.8 Å². The Labute approximate surface area is 145 Å². The van der Waals surface area contributed by atoms with Gasteiger partial charge in [0.25, 0.3) is 0 Å². The summed E-state index contributed by atoms with van der Waals surface area (Å²) in [6.07, 6.45) is 1.30. The fourth-order valence-corrected chi connectivity index (χ4v) is 3.20. The Morgan fingerprint density at radius 1 is 1.17 bits per heavy atom. The highest BCUT2D eigenvalue weighted by atomic mass is 79.9. The monoisotopic (exact) mass is 379 g/mol. The van der Waals surface area contributed by atoms with Crippen LogP contribution in [0.4, 0.5) is 5.69 Å². The van der Waals surface area contributed by atoms with Gasteiger partial charge in [0, 0.05) is 36.3 Å². The van der Waals surface area contributed by atoms with Crippen molar-refractivity contribution in [2.45, 2.75) is 19.8 Å². The predicted octanol–water partition coefficient (Wildman–Crippen LogP) is 2.25. The molecular formula is C17H22BrN3O2. The molecule has 1 saturated carbocycles. The molecule has 3 rings (SSSR count). The molecule has 0 atom stereocenters. The van der Waals surface area contributed by atoms with Gasteiger partial charge in [0.05, 0.1) is 0 Å². The van der Waals surface area contributed by atoms with E-state index in [-0.39, 0.29) is 11.8 Å². The molecule has 2 amide bonds. The molecule has 1 aromatic carbocycles. The molecule has 5 nitrogen and oxygen atoms in total. The largest absolute Gasteiger partial charge is 0.339 e. The fraction of sp³-hybridized carbons (Fsp3) is 0.529. The first-order valence-corrected chi connectivity index (χ1v) is 8.77. The number of carbonyl (C=O) groups excluding carboxylic acids is 2. The van der Waals surface area contributed by atoms with Gasteiger partial charge in [0.1, 0.15) is 5.41 Å². The third-order valence-corrected chi connectivity index (χ3v) is 5.69. The molecule has 2 aliphatic rings. The number of piperazine rings is 1. The van der Waals surface area contributed by atoms with E-state index in [2.05, 4.69) is 33.2 Å². The Bertz CT molecular complexity index is 635. The highest BCUT2D eigenvalue weighted by Gasteiger charge is 2.58. The van der Waals surface area contributed by atoms with Crippen molar-refractivity contribution in [2.24, 2.45) is 5.41 Å². The number of nitrogens with one attached hydrogen (secondary N) is 1. The SMILES string of the molecule is Cc1cc(NC(=O)C2(C(=O)N3CCN(C)CC3)CC2)ccc1Br. The van der Waals surface area contributed by atoms with Gasteiger partial charge in [-0.1, -0.05) is 15.9 Å². The molecule has 124 valence electrons. The van der Waals surface area contributed by atoms with Crippen molar-refractivity contribution < 1.29 is 9.59 Å². The van der Waals surface area contributed by atoms with E-state index >= 15 is 0 Å². The van der Waals surface area contributed by atoms with E-state index in [1.807, 2.05) is 30.0 Å². The van der Waals surface area contributed by atoms with Gasteiger partial charge in [-0.2, -0.15) is 0 Å². The van der Waals surface area contributed by atoms with Gasteiger partial charge in [0.15, 0.2) is 0 Å². The number of likely N-dealkylation sites (N-methyl/N-ethyl adjacent to an activating group) is 1. The van der Waals surface area contributed by atoms with Gasteiger partial charge in [-0.25, -0.2) is 0 Å². The van der Waals surface area contributed by atoms with Crippen LogP contribution in [0.2, 0.25) is 0 Å². The lowest BCUT2D eigenvalue weighted by Crippen LogP contribution is -2.51. The number of halogens is 1. The first kappa shape index (κ1) is 16.5. The molecule has 0 unspecified atom stereocenters. The third-order valence-electron chi connectivity index (χ3n) is 4.80. The number of hydrogen-bond acceptors (Lipinski definition) is 3. The quantitative estimate of drug-likeness (QED) is 0.819. The van der Waals surface area contributed by atoms with E-state index in [0.717, 1.165) is 28.8 Å². The normalized spacial score (nSPS) is 20.2. The van der Waals surface area contributed by atoms with Gasteiger partial charge < -0.3 is 15.1 Å². The average molecular weight is 380 g/mol. The standard InChI is InChI=1S/C17H22BrN3O2/c1-12-11-13(3-4-14(12)18)19-15(22)17(5-6-17)16(23)21-9-7-20(2)8-10-21/h3-4,11H,5-10H2,1-2H3,(H,19,22). The van der Waals surface area contributed by atoms with E-state index in [4.69, 9.17) is 0 Å². The van der Waals surface area contributed by atoms with E-state index in [0.29, 0.717) is 25.9 Å². The molecule has 0 radical (unpaired) electrons. The fourth-order valence-electron chi connectivity index (χ4n) is 2.95. The van der Waals surface area contributed by atoms with E-state index in [1.54, 1.807) is 0 Å². The summed E-state index contributed by atoms with van der Waals surface area (Å²) in [5.41, 5.74) is 0.961. The second-order valence-electron chi connectivity index (χ2n) is 6.60. The van der Waals surface area contributed by atoms with Crippen LogP contribution in [0.1, 0.15) is 18.4 Å². The molecule has 1 aliphatic heterocycles. The molecule has 23 heavy (non-hydrogen) atoms. The summed E-state index contributed by atoms with van der Waals surface area (Å²) in [6, 6.07) is 5.68. The molecule has 1 aromatic rings. The highest BCUT2D eigenvalue weighted by molar-refractivity contribution is 9.10. The maximum absolute atomic E-state index is 12.8. The van der Waals surface area contributed by atoms with Gasteiger partial charge in [-0.15, -0.1) is 0 Å². The number of anilines is 1. The van der Waals surface area contributed by atoms with Crippen molar-refractivity contribution >= 4 is 33.4 Å². The summed E-state index contributed by atoms with van der Waals surface area (Å²) >= 11 is 3.45. The first-order valence-electron chi connectivity index (χ1n) is 7.98. The van der Waals surface area contributed by atoms with Crippen LogP contribution < -0.4 is 5.32 Å². The van der Waals surface area contributed by atoms with Crippen molar-refractivity contribution in [1.82, 2.24) is 9.80 Å². The van der Waals surface area contributed by atoms with Crippen LogP contribution >= 0.6 is 15.9 Å². The van der Waals surface area contributed by atoms with Crippen LogP contribution in [0.15, 0.2) is 22.7 Å². The summed E-state index contributed by atoms with van der Waals surface area (Å²) in [4.78, 5) is 29.5. The number of carbonyl (C=O) groups is 2. The zero-order valence-electron chi connectivity index (χ0n) is 13.6. The van der Waals surface area contributed by atoms with Gasteiger partial charge in [-0.05, 0) is 50.6 Å². The topological polar surface area (TPSA) is 52.7 Å². The predicted molar refractivity (Wildman–Crippen MR) is 93.3 cm³/mol.